The van der Waals surface area contributed by atoms with Gasteiger partial charge in [-0.15, -0.1) is 0 Å². The summed E-state index contributed by atoms with van der Waals surface area (Å²) in [5, 5.41) is 10.2. The fraction of sp³-hybridized carbons (Fsp3) is 0.241. The fourth-order valence-electron chi connectivity index (χ4n) is 4.85. The van der Waals surface area contributed by atoms with Crippen LogP contribution in [0.4, 0.5) is 19.5 Å². The highest BCUT2D eigenvalue weighted by atomic mass is 19.2. The van der Waals surface area contributed by atoms with E-state index < -0.39 is 23.3 Å². The molecular weight excluding hydrogens is 504 g/mol. The van der Waals surface area contributed by atoms with Gasteiger partial charge in [0.25, 0.3) is 5.91 Å². The van der Waals surface area contributed by atoms with E-state index in [0.717, 1.165) is 28.2 Å². The molecule has 3 aromatic carbocycles. The monoisotopic (exact) mass is 531 g/mol. The van der Waals surface area contributed by atoms with Crippen molar-refractivity contribution in [2.45, 2.75) is 45.9 Å². The first-order chi connectivity index (χ1) is 18.4. The number of amides is 2. The molecule has 3 N–H and O–H groups in total. The van der Waals surface area contributed by atoms with E-state index >= 15 is 0 Å². The topological polar surface area (TPSA) is 113 Å². The molecule has 2 amide bonds. The summed E-state index contributed by atoms with van der Waals surface area (Å²) in [6.07, 6.45) is -1.19. The Morgan fingerprint density at radius 1 is 1.00 bits per heavy atom. The molecular formula is C29H27F2N5O3. The normalized spacial score (nSPS) is 13.0. The Kier molecular flexibility index (Phi) is 6.41. The van der Waals surface area contributed by atoms with Crippen LogP contribution in [0.15, 0.2) is 54.6 Å². The number of rotatable bonds is 4. The lowest BCUT2D eigenvalue weighted by molar-refractivity contribution is 0.0747. The molecule has 1 aliphatic heterocycles. The zero-order valence-electron chi connectivity index (χ0n) is 21.7. The lowest BCUT2D eigenvalue weighted by Crippen LogP contribution is -2.44. The zero-order valence-corrected chi connectivity index (χ0v) is 21.7. The molecule has 0 atom stereocenters. The van der Waals surface area contributed by atoms with Crippen molar-refractivity contribution in [2.24, 2.45) is 0 Å². The van der Waals surface area contributed by atoms with Gasteiger partial charge < -0.3 is 15.7 Å². The number of fused-ring (bicyclic) bond motifs is 2. The summed E-state index contributed by atoms with van der Waals surface area (Å²) in [4.78, 5) is 36.9. The largest absolute Gasteiger partial charge is 0.465 e. The van der Waals surface area contributed by atoms with Crippen molar-refractivity contribution in [3.05, 3.63) is 88.6 Å². The molecule has 200 valence electrons. The number of carbonyl (C=O) groups is 2. The number of hydrogen-bond donors (Lipinski definition) is 2. The van der Waals surface area contributed by atoms with Gasteiger partial charge in [-0.1, -0.05) is 30.3 Å². The number of nitrogens with zero attached hydrogens (tertiary/aromatic N) is 4. The van der Waals surface area contributed by atoms with Gasteiger partial charge in [0.2, 0.25) is 5.95 Å². The second-order valence-electron chi connectivity index (χ2n) is 10.6. The molecule has 0 fully saturated rings. The number of nitrogen functional groups attached to an aromatic ring is 1. The Balaban J connectivity index is 1.61. The molecule has 5 rings (SSSR count). The zero-order chi connectivity index (χ0) is 28.1. The molecule has 0 bridgehead atoms. The predicted molar refractivity (Wildman–Crippen MR) is 143 cm³/mol. The summed E-state index contributed by atoms with van der Waals surface area (Å²) in [6, 6.07) is 14.7. The van der Waals surface area contributed by atoms with Crippen LogP contribution in [-0.2, 0) is 19.6 Å². The smallest absolute Gasteiger partial charge is 0.408 e. The highest BCUT2D eigenvalue weighted by molar-refractivity contribution is 6.06. The van der Waals surface area contributed by atoms with E-state index in [1.54, 1.807) is 43.9 Å². The minimum atomic E-state index is -1.19. The van der Waals surface area contributed by atoms with Gasteiger partial charge in [0.1, 0.15) is 5.69 Å². The van der Waals surface area contributed by atoms with Gasteiger partial charge in [-0.3, -0.25) is 9.69 Å². The Labute approximate surface area is 223 Å². The van der Waals surface area contributed by atoms with Crippen LogP contribution in [0.3, 0.4) is 0 Å². The standard InChI is InChI=1S/C29H27F2N5O3/c1-29(2,3)36(28(38)39)15-19-11-22(30)23(31)12-20(19)16-8-9-24-21(10-16)25(34-27(32)33-24)26(37)35-13-17-6-4-5-7-18(17)14-35/h4-12H,13-15H2,1-3H3,(H,38,39)(H2,32,33,34). The maximum absolute atomic E-state index is 14.5. The third-order valence-electron chi connectivity index (χ3n) is 6.87. The Bertz CT molecular complexity index is 1610. The van der Waals surface area contributed by atoms with Crippen molar-refractivity contribution < 1.29 is 23.5 Å². The first kappa shape index (κ1) is 26.0. The third kappa shape index (κ3) is 4.97. The van der Waals surface area contributed by atoms with E-state index in [2.05, 4.69) is 9.97 Å². The molecule has 0 aliphatic carbocycles. The summed E-state index contributed by atoms with van der Waals surface area (Å²) in [7, 11) is 0. The average molecular weight is 532 g/mol. The lowest BCUT2D eigenvalue weighted by atomic mass is 9.95. The summed E-state index contributed by atoms with van der Waals surface area (Å²) >= 11 is 0. The van der Waals surface area contributed by atoms with Gasteiger partial charge in [0.15, 0.2) is 11.6 Å². The van der Waals surface area contributed by atoms with E-state index in [1.807, 2.05) is 24.3 Å². The summed E-state index contributed by atoms with van der Waals surface area (Å²) in [5.41, 5.74) is 8.74. The molecule has 0 spiro atoms. The van der Waals surface area contributed by atoms with Gasteiger partial charge in [0, 0.05) is 24.0 Å². The van der Waals surface area contributed by atoms with Gasteiger partial charge >= 0.3 is 6.09 Å². The summed E-state index contributed by atoms with van der Waals surface area (Å²) in [6.45, 7) is 5.81. The van der Waals surface area contributed by atoms with Gasteiger partial charge in [-0.25, -0.2) is 23.5 Å². The Morgan fingerprint density at radius 3 is 2.26 bits per heavy atom. The molecule has 1 aliphatic rings. The number of hydrogen-bond acceptors (Lipinski definition) is 5. The van der Waals surface area contributed by atoms with E-state index in [-0.39, 0.29) is 35.2 Å². The van der Waals surface area contributed by atoms with Crippen molar-refractivity contribution in [3.63, 3.8) is 0 Å². The third-order valence-corrected chi connectivity index (χ3v) is 6.87. The van der Waals surface area contributed by atoms with E-state index in [0.29, 0.717) is 29.6 Å². The summed E-state index contributed by atoms with van der Waals surface area (Å²) < 4.78 is 28.8. The van der Waals surface area contributed by atoms with Crippen LogP contribution < -0.4 is 5.73 Å². The van der Waals surface area contributed by atoms with Crippen LogP contribution in [0.1, 0.15) is 48.0 Å². The highest BCUT2D eigenvalue weighted by Gasteiger charge is 2.29. The minimum absolute atomic E-state index is 0.0638. The maximum Gasteiger partial charge on any atom is 0.408 e. The van der Waals surface area contributed by atoms with E-state index in [4.69, 9.17) is 5.73 Å². The second-order valence-corrected chi connectivity index (χ2v) is 10.6. The quantitative estimate of drug-likeness (QED) is 0.355. The number of anilines is 1. The molecule has 8 nitrogen and oxygen atoms in total. The maximum atomic E-state index is 14.5. The molecule has 2 heterocycles. The highest BCUT2D eigenvalue weighted by Crippen LogP contribution is 2.33. The molecule has 4 aromatic rings. The predicted octanol–water partition coefficient (Wildman–Crippen LogP) is 5.59. The van der Waals surface area contributed by atoms with Crippen LogP contribution in [0.25, 0.3) is 22.0 Å². The SMILES string of the molecule is CC(C)(C)N(Cc1cc(F)c(F)cc1-c1ccc2nc(N)nc(C(=O)N3Cc4ccccc4C3)c2c1)C(=O)O. The molecule has 0 saturated heterocycles. The number of benzene rings is 3. The second kappa shape index (κ2) is 9.61. The molecule has 0 unspecified atom stereocenters. The van der Waals surface area contributed by atoms with Gasteiger partial charge in [-0.2, -0.15) is 0 Å². The number of nitrogens with two attached hydrogens (primary N) is 1. The van der Waals surface area contributed by atoms with Crippen molar-refractivity contribution in [1.29, 1.82) is 0 Å². The summed E-state index contributed by atoms with van der Waals surface area (Å²) in [5.74, 6) is -2.57. The molecule has 10 heteroatoms. The molecule has 0 radical (unpaired) electrons. The first-order valence-electron chi connectivity index (χ1n) is 12.3. The number of halogens is 2. The number of carboxylic acid groups (broad SMARTS) is 1. The molecule has 1 aromatic heterocycles. The van der Waals surface area contributed by atoms with Crippen LogP contribution in [0, 0.1) is 11.6 Å². The van der Waals surface area contributed by atoms with E-state index in [9.17, 15) is 23.5 Å². The first-order valence-corrected chi connectivity index (χ1v) is 12.3. The van der Waals surface area contributed by atoms with Crippen molar-refractivity contribution in [2.75, 3.05) is 5.73 Å². The van der Waals surface area contributed by atoms with Crippen molar-refractivity contribution in [3.8, 4) is 11.1 Å². The van der Waals surface area contributed by atoms with Gasteiger partial charge in [0.05, 0.1) is 12.1 Å². The van der Waals surface area contributed by atoms with Crippen LogP contribution in [0.5, 0.6) is 0 Å². The Hall–Kier alpha value is -4.60. The molecule has 0 saturated carbocycles. The number of carbonyl (C=O) groups excluding carboxylic acids is 1. The van der Waals surface area contributed by atoms with Crippen molar-refractivity contribution >= 4 is 28.9 Å². The lowest BCUT2D eigenvalue weighted by Gasteiger charge is -2.33. The van der Waals surface area contributed by atoms with Crippen molar-refractivity contribution in [1.82, 2.24) is 19.8 Å². The minimum Gasteiger partial charge on any atom is -0.465 e. The van der Waals surface area contributed by atoms with E-state index in [1.165, 1.54) is 0 Å². The van der Waals surface area contributed by atoms with Gasteiger partial charge in [-0.05, 0) is 72.9 Å². The van der Waals surface area contributed by atoms with Crippen LogP contribution in [0.2, 0.25) is 0 Å². The number of aromatic nitrogens is 2. The van der Waals surface area contributed by atoms with Crippen LogP contribution >= 0.6 is 0 Å². The average Bonchev–Trinajstić information content (AvgIpc) is 3.31. The Morgan fingerprint density at radius 2 is 1.64 bits per heavy atom. The van der Waals surface area contributed by atoms with Crippen LogP contribution in [-0.4, -0.2) is 42.4 Å². The molecule has 39 heavy (non-hydrogen) atoms. The fourth-order valence-corrected chi connectivity index (χ4v) is 4.85.